The fourth-order valence-electron chi connectivity index (χ4n) is 2.40. The average molecular weight is 389 g/mol. The third-order valence-corrected chi connectivity index (χ3v) is 5.43. The van der Waals surface area contributed by atoms with Gasteiger partial charge in [-0.25, -0.2) is 0 Å². The Balaban J connectivity index is 1.40. The lowest BCUT2D eigenvalue weighted by Crippen LogP contribution is -2.35. The molecule has 1 aliphatic rings. The maximum Gasteiger partial charge on any atom is 0.251 e. The van der Waals surface area contributed by atoms with Crippen LogP contribution in [-0.4, -0.2) is 24.9 Å². The van der Waals surface area contributed by atoms with Gasteiger partial charge in [0.25, 0.3) is 5.91 Å². The van der Waals surface area contributed by atoms with E-state index < -0.39 is 0 Å². The Morgan fingerprint density at radius 2 is 1.62 bits per heavy atom. The zero-order chi connectivity index (χ0) is 18.4. The number of carbonyl (C=O) groups is 2. The lowest BCUT2D eigenvalue weighted by Gasteiger charge is -2.08. The van der Waals surface area contributed by atoms with E-state index in [1.165, 1.54) is 0 Å². The van der Waals surface area contributed by atoms with Crippen molar-refractivity contribution in [1.82, 2.24) is 10.6 Å². The lowest BCUT2D eigenvalue weighted by molar-refractivity contribution is -0.122. The van der Waals surface area contributed by atoms with E-state index in [9.17, 15) is 9.59 Å². The first-order valence-corrected chi connectivity index (χ1v) is 10.0. The second-order valence-electron chi connectivity index (χ2n) is 6.26. The van der Waals surface area contributed by atoms with E-state index in [4.69, 9.17) is 11.6 Å². The van der Waals surface area contributed by atoms with Gasteiger partial charge >= 0.3 is 0 Å². The summed E-state index contributed by atoms with van der Waals surface area (Å²) in [5, 5.41) is 6.39. The third kappa shape index (κ3) is 5.78. The normalized spacial score (nSPS) is 13.3. The van der Waals surface area contributed by atoms with Gasteiger partial charge in [-0.15, -0.1) is 11.8 Å². The standard InChI is InChI=1S/C20H21ClN2O2S/c21-17-7-9-18(10-8-17)26-13-14-1-3-15(4-2-14)19(24)22-11-12-23-20(25)16-5-6-16/h1-4,7-10,16H,5-6,11-13H2,(H,22,24)(H,23,25). The summed E-state index contributed by atoms with van der Waals surface area (Å²) in [6.45, 7) is 0.905. The van der Waals surface area contributed by atoms with E-state index in [1.807, 2.05) is 48.5 Å². The number of amides is 2. The summed E-state index contributed by atoms with van der Waals surface area (Å²) in [6.07, 6.45) is 1.97. The molecule has 136 valence electrons. The molecule has 2 amide bonds. The highest BCUT2D eigenvalue weighted by Gasteiger charge is 2.28. The van der Waals surface area contributed by atoms with Crippen LogP contribution in [0.1, 0.15) is 28.8 Å². The van der Waals surface area contributed by atoms with Crippen molar-refractivity contribution in [3.63, 3.8) is 0 Å². The van der Waals surface area contributed by atoms with E-state index in [-0.39, 0.29) is 17.7 Å². The van der Waals surface area contributed by atoms with Crippen LogP contribution in [0.5, 0.6) is 0 Å². The van der Waals surface area contributed by atoms with Crippen molar-refractivity contribution < 1.29 is 9.59 Å². The van der Waals surface area contributed by atoms with E-state index in [1.54, 1.807) is 11.8 Å². The first kappa shape index (κ1) is 18.8. The first-order chi connectivity index (χ1) is 12.6. The number of nitrogens with one attached hydrogen (secondary N) is 2. The van der Waals surface area contributed by atoms with Crippen LogP contribution in [0.15, 0.2) is 53.4 Å². The van der Waals surface area contributed by atoms with Crippen molar-refractivity contribution in [2.75, 3.05) is 13.1 Å². The summed E-state index contributed by atoms with van der Waals surface area (Å²) in [7, 11) is 0. The Bertz CT molecular complexity index is 758. The number of thioether (sulfide) groups is 1. The molecule has 1 saturated carbocycles. The molecule has 3 rings (SSSR count). The molecule has 1 fully saturated rings. The second-order valence-corrected chi connectivity index (χ2v) is 7.75. The Morgan fingerprint density at radius 1 is 0.962 bits per heavy atom. The van der Waals surface area contributed by atoms with Crippen LogP contribution >= 0.6 is 23.4 Å². The van der Waals surface area contributed by atoms with Crippen LogP contribution in [0.3, 0.4) is 0 Å². The summed E-state index contributed by atoms with van der Waals surface area (Å²) in [6, 6.07) is 15.3. The largest absolute Gasteiger partial charge is 0.354 e. The molecule has 0 atom stereocenters. The van der Waals surface area contributed by atoms with Crippen LogP contribution in [0.25, 0.3) is 0 Å². The van der Waals surface area contributed by atoms with Gasteiger partial charge < -0.3 is 10.6 Å². The van der Waals surface area contributed by atoms with E-state index in [0.29, 0.717) is 18.7 Å². The van der Waals surface area contributed by atoms with Crippen LogP contribution in [0, 0.1) is 5.92 Å². The predicted octanol–water partition coefficient (Wildman–Crippen LogP) is 3.89. The molecule has 2 aromatic carbocycles. The molecule has 1 aliphatic carbocycles. The van der Waals surface area contributed by atoms with Crippen LogP contribution < -0.4 is 10.6 Å². The van der Waals surface area contributed by atoms with Gasteiger partial charge in [0.15, 0.2) is 0 Å². The maximum atomic E-state index is 12.1. The van der Waals surface area contributed by atoms with Crippen LogP contribution in [0.4, 0.5) is 0 Å². The number of halogens is 1. The fraction of sp³-hybridized carbons (Fsp3) is 0.300. The number of benzene rings is 2. The number of carbonyl (C=O) groups excluding carboxylic acids is 2. The molecule has 6 heteroatoms. The zero-order valence-electron chi connectivity index (χ0n) is 14.3. The minimum atomic E-state index is -0.123. The van der Waals surface area contributed by atoms with Gasteiger partial charge in [-0.2, -0.15) is 0 Å². The van der Waals surface area contributed by atoms with E-state index >= 15 is 0 Å². The Hall–Kier alpha value is -1.98. The smallest absolute Gasteiger partial charge is 0.251 e. The van der Waals surface area contributed by atoms with E-state index in [0.717, 1.165) is 34.1 Å². The molecule has 0 aliphatic heterocycles. The van der Waals surface area contributed by atoms with Gasteiger partial charge in [-0.1, -0.05) is 23.7 Å². The summed E-state index contributed by atoms with van der Waals surface area (Å²) >= 11 is 7.61. The van der Waals surface area contributed by atoms with Crippen molar-refractivity contribution in [1.29, 1.82) is 0 Å². The molecule has 0 aromatic heterocycles. The minimum Gasteiger partial charge on any atom is -0.354 e. The van der Waals surface area contributed by atoms with Crippen molar-refractivity contribution in [2.24, 2.45) is 5.92 Å². The quantitative estimate of drug-likeness (QED) is 0.532. The van der Waals surface area contributed by atoms with Crippen LogP contribution in [-0.2, 0) is 10.5 Å². The molecule has 0 spiro atoms. The van der Waals surface area contributed by atoms with Gasteiger partial charge in [0.1, 0.15) is 0 Å². The highest BCUT2D eigenvalue weighted by atomic mass is 35.5. The van der Waals surface area contributed by atoms with E-state index in [2.05, 4.69) is 10.6 Å². The van der Waals surface area contributed by atoms with Crippen molar-refractivity contribution in [3.8, 4) is 0 Å². The van der Waals surface area contributed by atoms with Gasteiger partial charge in [0, 0.05) is 40.2 Å². The highest BCUT2D eigenvalue weighted by Crippen LogP contribution is 2.28. The fourth-order valence-corrected chi connectivity index (χ4v) is 3.38. The van der Waals surface area contributed by atoms with Gasteiger partial charge in [0.05, 0.1) is 0 Å². The predicted molar refractivity (Wildman–Crippen MR) is 106 cm³/mol. The van der Waals surface area contributed by atoms with Crippen molar-refractivity contribution in [3.05, 3.63) is 64.7 Å². The molecule has 0 radical (unpaired) electrons. The molecule has 4 nitrogen and oxygen atoms in total. The third-order valence-electron chi connectivity index (χ3n) is 4.09. The van der Waals surface area contributed by atoms with Gasteiger partial charge in [-0.05, 0) is 54.8 Å². The minimum absolute atomic E-state index is 0.0989. The Morgan fingerprint density at radius 3 is 2.27 bits per heavy atom. The molecular weight excluding hydrogens is 368 g/mol. The number of rotatable bonds is 8. The molecule has 2 aromatic rings. The molecule has 0 unspecified atom stereocenters. The summed E-state index contributed by atoms with van der Waals surface area (Å²) in [5.41, 5.74) is 1.77. The summed E-state index contributed by atoms with van der Waals surface area (Å²) < 4.78 is 0. The topological polar surface area (TPSA) is 58.2 Å². The van der Waals surface area contributed by atoms with Gasteiger partial charge in [0.2, 0.25) is 5.91 Å². The SMILES string of the molecule is O=C(NCCNC(=O)C1CC1)c1ccc(CSc2ccc(Cl)cc2)cc1. The number of hydrogen-bond acceptors (Lipinski definition) is 3. The molecule has 2 N–H and O–H groups in total. The summed E-state index contributed by atoms with van der Waals surface area (Å²) in [4.78, 5) is 24.8. The molecule has 0 saturated heterocycles. The molecule has 26 heavy (non-hydrogen) atoms. The maximum absolute atomic E-state index is 12.1. The lowest BCUT2D eigenvalue weighted by atomic mass is 10.1. The zero-order valence-corrected chi connectivity index (χ0v) is 15.9. The van der Waals surface area contributed by atoms with Crippen molar-refractivity contribution >= 4 is 35.2 Å². The second kappa shape index (κ2) is 9.10. The Kier molecular flexibility index (Phi) is 6.58. The van der Waals surface area contributed by atoms with Gasteiger partial charge in [-0.3, -0.25) is 9.59 Å². The summed E-state index contributed by atoms with van der Waals surface area (Å²) in [5.74, 6) is 1.00. The van der Waals surface area contributed by atoms with Crippen molar-refractivity contribution in [2.45, 2.75) is 23.5 Å². The first-order valence-electron chi connectivity index (χ1n) is 8.65. The van der Waals surface area contributed by atoms with Crippen LogP contribution in [0.2, 0.25) is 5.02 Å². The highest BCUT2D eigenvalue weighted by molar-refractivity contribution is 7.98. The molecule has 0 bridgehead atoms. The monoisotopic (exact) mass is 388 g/mol. The number of hydrogen-bond donors (Lipinski definition) is 2. The Labute approximate surface area is 162 Å². The molecular formula is C20H21ClN2O2S. The molecule has 0 heterocycles. The average Bonchev–Trinajstić information content (AvgIpc) is 3.50.